The van der Waals surface area contributed by atoms with Crippen molar-refractivity contribution < 1.29 is 5.11 Å². The van der Waals surface area contributed by atoms with Gasteiger partial charge in [0.25, 0.3) is 0 Å². The van der Waals surface area contributed by atoms with Crippen LogP contribution in [0.2, 0.25) is 10.0 Å². The Hall–Kier alpha value is -0.280. The third-order valence-corrected chi connectivity index (χ3v) is 6.48. The van der Waals surface area contributed by atoms with Gasteiger partial charge in [0.1, 0.15) is 0 Å². The van der Waals surface area contributed by atoms with E-state index in [2.05, 4.69) is 18.7 Å². The maximum absolute atomic E-state index is 10.9. The number of aryl methyl sites for hydroxylation is 1. The lowest BCUT2D eigenvalue weighted by molar-refractivity contribution is 0.110. The number of benzene rings is 1. The molecule has 0 aliphatic rings. The van der Waals surface area contributed by atoms with E-state index in [0.717, 1.165) is 24.2 Å². The molecule has 4 heteroatoms. The summed E-state index contributed by atoms with van der Waals surface area (Å²) in [6.07, 6.45) is 15.1. The van der Waals surface area contributed by atoms with Crippen molar-refractivity contribution in [1.29, 1.82) is 0 Å². The standard InChI is InChI=1S/C25H43Cl2NO/c1-4-6-8-10-12-14-16-28(17-15-13-11-9-7-5-2)20-25(29)22-19-24(27)23(26)18-21(22)3/h18-19,25,29H,4-17,20H2,1-3H3/t25-/m1/s1. The first-order valence-corrected chi connectivity index (χ1v) is 12.6. The summed E-state index contributed by atoms with van der Waals surface area (Å²) >= 11 is 12.3. The molecule has 0 saturated heterocycles. The van der Waals surface area contributed by atoms with E-state index in [1.165, 1.54) is 77.0 Å². The van der Waals surface area contributed by atoms with Crippen molar-refractivity contribution in [3.63, 3.8) is 0 Å². The van der Waals surface area contributed by atoms with Gasteiger partial charge in [-0.2, -0.15) is 0 Å². The lowest BCUT2D eigenvalue weighted by Crippen LogP contribution is -2.31. The summed E-state index contributed by atoms with van der Waals surface area (Å²) in [4.78, 5) is 2.45. The average Bonchev–Trinajstić information content (AvgIpc) is 2.69. The number of aliphatic hydroxyl groups excluding tert-OH is 1. The van der Waals surface area contributed by atoms with Gasteiger partial charge in [-0.3, -0.25) is 0 Å². The summed E-state index contributed by atoms with van der Waals surface area (Å²) in [6, 6.07) is 3.69. The molecule has 0 radical (unpaired) electrons. The predicted molar refractivity (Wildman–Crippen MR) is 129 cm³/mol. The van der Waals surface area contributed by atoms with Crippen LogP contribution >= 0.6 is 23.2 Å². The lowest BCUT2D eigenvalue weighted by atomic mass is 10.0. The summed E-state index contributed by atoms with van der Waals surface area (Å²) in [5.74, 6) is 0. The Kier molecular flexibility index (Phi) is 15.1. The van der Waals surface area contributed by atoms with Crippen molar-refractivity contribution in [1.82, 2.24) is 4.90 Å². The van der Waals surface area contributed by atoms with Crippen molar-refractivity contribution >= 4 is 23.2 Å². The zero-order chi connectivity index (χ0) is 21.5. The zero-order valence-electron chi connectivity index (χ0n) is 19.0. The molecule has 0 spiro atoms. The summed E-state index contributed by atoms with van der Waals surface area (Å²) in [7, 11) is 0. The molecule has 0 heterocycles. The van der Waals surface area contributed by atoms with Crippen molar-refractivity contribution in [2.45, 2.75) is 104 Å². The van der Waals surface area contributed by atoms with E-state index < -0.39 is 6.10 Å². The lowest BCUT2D eigenvalue weighted by Gasteiger charge is -2.26. The van der Waals surface area contributed by atoms with Crippen LogP contribution in [0.5, 0.6) is 0 Å². The van der Waals surface area contributed by atoms with Crippen LogP contribution in [0.25, 0.3) is 0 Å². The second-order valence-corrected chi connectivity index (χ2v) is 9.29. The maximum atomic E-state index is 10.9. The van der Waals surface area contributed by atoms with Gasteiger partial charge < -0.3 is 10.0 Å². The van der Waals surface area contributed by atoms with Crippen molar-refractivity contribution in [3.05, 3.63) is 33.3 Å². The summed E-state index contributed by atoms with van der Waals surface area (Å²) in [6.45, 7) is 9.32. The third kappa shape index (κ3) is 11.6. The highest BCUT2D eigenvalue weighted by Crippen LogP contribution is 2.29. The topological polar surface area (TPSA) is 23.5 Å². The molecule has 29 heavy (non-hydrogen) atoms. The number of hydrogen-bond donors (Lipinski definition) is 1. The van der Waals surface area contributed by atoms with Crippen molar-refractivity contribution in [2.75, 3.05) is 19.6 Å². The Morgan fingerprint density at radius 3 is 1.72 bits per heavy atom. The van der Waals surface area contributed by atoms with Gasteiger partial charge in [-0.15, -0.1) is 0 Å². The van der Waals surface area contributed by atoms with Gasteiger partial charge in [-0.25, -0.2) is 0 Å². The van der Waals surface area contributed by atoms with Gasteiger partial charge in [-0.1, -0.05) is 101 Å². The first-order valence-electron chi connectivity index (χ1n) is 11.9. The molecular formula is C25H43Cl2NO. The van der Waals surface area contributed by atoms with Crippen LogP contribution in [0.3, 0.4) is 0 Å². The number of aliphatic hydroxyl groups is 1. The predicted octanol–water partition coefficient (Wildman–Crippen LogP) is 8.36. The van der Waals surface area contributed by atoms with Gasteiger partial charge in [0, 0.05) is 6.54 Å². The molecule has 2 nitrogen and oxygen atoms in total. The molecule has 0 aliphatic heterocycles. The van der Waals surface area contributed by atoms with Crippen LogP contribution in [0.4, 0.5) is 0 Å². The first-order chi connectivity index (χ1) is 14.0. The van der Waals surface area contributed by atoms with Gasteiger partial charge in [0.05, 0.1) is 16.1 Å². The van der Waals surface area contributed by atoms with Crippen LogP contribution < -0.4 is 0 Å². The number of nitrogens with zero attached hydrogens (tertiary/aromatic N) is 1. The van der Waals surface area contributed by atoms with E-state index in [4.69, 9.17) is 23.2 Å². The fraction of sp³-hybridized carbons (Fsp3) is 0.760. The highest BCUT2D eigenvalue weighted by atomic mass is 35.5. The first kappa shape index (κ1) is 26.8. The molecule has 1 aromatic rings. The molecule has 0 aromatic heterocycles. The van der Waals surface area contributed by atoms with E-state index in [9.17, 15) is 5.11 Å². The van der Waals surface area contributed by atoms with Crippen molar-refractivity contribution in [2.24, 2.45) is 0 Å². The molecule has 0 aliphatic carbocycles. The van der Waals surface area contributed by atoms with E-state index in [1.54, 1.807) is 0 Å². The Morgan fingerprint density at radius 1 is 0.759 bits per heavy atom. The minimum absolute atomic E-state index is 0.518. The quantitative estimate of drug-likeness (QED) is 0.244. The van der Waals surface area contributed by atoms with Gasteiger partial charge >= 0.3 is 0 Å². The largest absolute Gasteiger partial charge is 0.387 e. The molecule has 0 fully saturated rings. The van der Waals surface area contributed by atoms with Crippen LogP contribution in [-0.4, -0.2) is 29.6 Å². The second kappa shape index (κ2) is 16.4. The number of unbranched alkanes of at least 4 members (excludes halogenated alkanes) is 10. The van der Waals surface area contributed by atoms with Crippen LogP contribution in [0, 0.1) is 6.92 Å². The van der Waals surface area contributed by atoms with Crippen LogP contribution in [0.1, 0.15) is 108 Å². The highest BCUT2D eigenvalue weighted by Gasteiger charge is 2.17. The highest BCUT2D eigenvalue weighted by molar-refractivity contribution is 6.42. The SMILES string of the molecule is CCCCCCCCN(CCCCCCCC)C[C@@H](O)c1cc(Cl)c(Cl)cc1C. The third-order valence-electron chi connectivity index (χ3n) is 5.75. The minimum atomic E-state index is -0.523. The molecule has 168 valence electrons. The smallest absolute Gasteiger partial charge is 0.0920 e. The second-order valence-electron chi connectivity index (χ2n) is 8.47. The monoisotopic (exact) mass is 443 g/mol. The van der Waals surface area contributed by atoms with Crippen LogP contribution in [0.15, 0.2) is 12.1 Å². The molecule has 1 aromatic carbocycles. The fourth-order valence-electron chi connectivity index (χ4n) is 3.89. The van der Waals surface area contributed by atoms with E-state index >= 15 is 0 Å². The van der Waals surface area contributed by atoms with E-state index in [-0.39, 0.29) is 0 Å². The summed E-state index contributed by atoms with van der Waals surface area (Å²) in [5, 5.41) is 12.0. The molecule has 0 amide bonds. The molecular weight excluding hydrogens is 401 g/mol. The molecule has 1 N–H and O–H groups in total. The minimum Gasteiger partial charge on any atom is -0.387 e. The number of hydrogen-bond acceptors (Lipinski definition) is 2. The molecule has 1 atom stereocenters. The van der Waals surface area contributed by atoms with E-state index in [0.29, 0.717) is 16.6 Å². The Morgan fingerprint density at radius 2 is 1.21 bits per heavy atom. The normalized spacial score (nSPS) is 12.7. The van der Waals surface area contributed by atoms with Crippen LogP contribution in [-0.2, 0) is 0 Å². The van der Waals surface area contributed by atoms with Gasteiger partial charge in [-0.05, 0) is 56.1 Å². The maximum Gasteiger partial charge on any atom is 0.0920 e. The molecule has 0 bridgehead atoms. The zero-order valence-corrected chi connectivity index (χ0v) is 20.5. The summed E-state index contributed by atoms with van der Waals surface area (Å²) < 4.78 is 0. The van der Waals surface area contributed by atoms with Crippen molar-refractivity contribution in [3.8, 4) is 0 Å². The van der Waals surface area contributed by atoms with Gasteiger partial charge in [0.2, 0.25) is 0 Å². The average molecular weight is 445 g/mol. The number of rotatable bonds is 17. The number of halogens is 2. The molecule has 0 unspecified atom stereocenters. The fourth-order valence-corrected chi connectivity index (χ4v) is 4.28. The summed E-state index contributed by atoms with van der Waals surface area (Å²) in [5.41, 5.74) is 1.90. The Balaban J connectivity index is 2.55. The molecule has 1 rings (SSSR count). The molecule has 0 saturated carbocycles. The van der Waals surface area contributed by atoms with E-state index in [1.807, 2.05) is 19.1 Å². The Bertz CT molecular complexity index is 534. The Labute approximate surface area is 190 Å². The van der Waals surface area contributed by atoms with Gasteiger partial charge in [0.15, 0.2) is 0 Å².